The van der Waals surface area contributed by atoms with E-state index in [4.69, 9.17) is 0 Å². The van der Waals surface area contributed by atoms with Crippen molar-refractivity contribution < 1.29 is 27.3 Å². The van der Waals surface area contributed by atoms with Crippen LogP contribution in [0.1, 0.15) is 24.2 Å². The lowest BCUT2D eigenvalue weighted by atomic mass is 10.0. The lowest BCUT2D eigenvalue weighted by Crippen LogP contribution is -2.57. The Bertz CT molecular complexity index is 1180. The number of benzene rings is 2. The van der Waals surface area contributed by atoms with Gasteiger partial charge < -0.3 is 10.2 Å². The SMILES string of the molecule is CC(C)[C@H](NC(=O)c1ccc(F)cc1)C(=O)N1CCN(S(=O)(=O)c2cccc([N+](=O)[O-])c2)CC1. The number of halogens is 1. The van der Waals surface area contributed by atoms with Crippen LogP contribution in [-0.4, -0.2) is 66.6 Å². The molecule has 0 bridgehead atoms. The second kappa shape index (κ2) is 10.3. The average Bonchev–Trinajstić information content (AvgIpc) is 2.82. The zero-order chi connectivity index (χ0) is 25.0. The van der Waals surface area contributed by atoms with Crippen LogP contribution in [-0.2, 0) is 14.8 Å². The topological polar surface area (TPSA) is 130 Å². The highest BCUT2D eigenvalue weighted by Gasteiger charge is 2.34. The van der Waals surface area contributed by atoms with Crippen molar-refractivity contribution in [3.05, 3.63) is 70.0 Å². The summed E-state index contributed by atoms with van der Waals surface area (Å²) in [5, 5.41) is 13.7. The lowest BCUT2D eigenvalue weighted by Gasteiger charge is -2.36. The fraction of sp³-hybridized carbons (Fsp3) is 0.364. The molecule has 2 aromatic rings. The van der Waals surface area contributed by atoms with Crippen molar-refractivity contribution in [3.63, 3.8) is 0 Å². The van der Waals surface area contributed by atoms with Gasteiger partial charge in [0.1, 0.15) is 11.9 Å². The maximum Gasteiger partial charge on any atom is 0.270 e. The van der Waals surface area contributed by atoms with Gasteiger partial charge >= 0.3 is 0 Å². The Hall–Kier alpha value is -3.38. The highest BCUT2D eigenvalue weighted by Crippen LogP contribution is 2.22. The summed E-state index contributed by atoms with van der Waals surface area (Å²) in [4.78, 5) is 37.3. The van der Waals surface area contributed by atoms with E-state index in [0.717, 1.165) is 18.2 Å². The molecule has 1 aliphatic rings. The van der Waals surface area contributed by atoms with Crippen LogP contribution in [0.3, 0.4) is 0 Å². The van der Waals surface area contributed by atoms with Gasteiger partial charge in [-0.1, -0.05) is 19.9 Å². The van der Waals surface area contributed by atoms with Crippen molar-refractivity contribution in [2.45, 2.75) is 24.8 Å². The molecule has 0 spiro atoms. The first kappa shape index (κ1) is 25.2. The lowest BCUT2D eigenvalue weighted by molar-refractivity contribution is -0.385. The van der Waals surface area contributed by atoms with Gasteiger partial charge in [0, 0.05) is 43.9 Å². The van der Waals surface area contributed by atoms with Gasteiger partial charge in [-0.25, -0.2) is 12.8 Å². The molecule has 10 nitrogen and oxygen atoms in total. The number of non-ortho nitro benzene ring substituents is 1. The monoisotopic (exact) mass is 492 g/mol. The van der Waals surface area contributed by atoms with E-state index in [0.29, 0.717) is 0 Å². The molecule has 182 valence electrons. The van der Waals surface area contributed by atoms with Crippen LogP contribution >= 0.6 is 0 Å². The van der Waals surface area contributed by atoms with Crippen molar-refractivity contribution in [1.29, 1.82) is 0 Å². The summed E-state index contributed by atoms with van der Waals surface area (Å²) in [7, 11) is -3.97. The second-order valence-corrected chi connectivity index (χ2v) is 10.1. The average molecular weight is 493 g/mol. The van der Waals surface area contributed by atoms with Gasteiger partial charge in [-0.05, 0) is 36.2 Å². The minimum absolute atomic E-state index is 0.00743. The van der Waals surface area contributed by atoms with Crippen LogP contribution in [0.2, 0.25) is 0 Å². The molecule has 0 aliphatic carbocycles. The molecule has 34 heavy (non-hydrogen) atoms. The maximum atomic E-state index is 13.1. The van der Waals surface area contributed by atoms with Crippen molar-refractivity contribution in [1.82, 2.24) is 14.5 Å². The zero-order valence-corrected chi connectivity index (χ0v) is 19.5. The molecule has 1 fully saturated rings. The van der Waals surface area contributed by atoms with E-state index in [2.05, 4.69) is 5.32 Å². The fourth-order valence-corrected chi connectivity index (χ4v) is 5.05. The Balaban J connectivity index is 1.67. The third-order valence-corrected chi connectivity index (χ3v) is 7.44. The number of nitrogens with zero attached hydrogens (tertiary/aromatic N) is 3. The molecule has 3 rings (SSSR count). The predicted molar refractivity (Wildman–Crippen MR) is 121 cm³/mol. The molecule has 1 aliphatic heterocycles. The first-order chi connectivity index (χ1) is 16.0. The van der Waals surface area contributed by atoms with E-state index >= 15 is 0 Å². The largest absolute Gasteiger partial charge is 0.340 e. The molecule has 1 atom stereocenters. The summed E-state index contributed by atoms with van der Waals surface area (Å²) in [5.74, 6) is -1.59. The first-order valence-corrected chi connectivity index (χ1v) is 12.0. The molecule has 0 radical (unpaired) electrons. The molecule has 1 saturated heterocycles. The van der Waals surface area contributed by atoms with Crippen LogP contribution in [0, 0.1) is 21.8 Å². The Kier molecular flexibility index (Phi) is 7.62. The van der Waals surface area contributed by atoms with Crippen molar-refractivity contribution >= 4 is 27.5 Å². The van der Waals surface area contributed by atoms with Gasteiger partial charge in [-0.15, -0.1) is 0 Å². The minimum Gasteiger partial charge on any atom is -0.340 e. The summed E-state index contributed by atoms with van der Waals surface area (Å²) in [5.41, 5.74) is -0.112. The van der Waals surface area contributed by atoms with E-state index in [1.54, 1.807) is 13.8 Å². The van der Waals surface area contributed by atoms with Crippen molar-refractivity contribution in [3.8, 4) is 0 Å². The molecular weight excluding hydrogens is 467 g/mol. The van der Waals surface area contributed by atoms with Gasteiger partial charge in [0.15, 0.2) is 0 Å². The van der Waals surface area contributed by atoms with Crippen LogP contribution in [0.5, 0.6) is 0 Å². The van der Waals surface area contributed by atoms with E-state index in [-0.39, 0.29) is 54.2 Å². The van der Waals surface area contributed by atoms with Gasteiger partial charge in [0.25, 0.3) is 11.6 Å². The smallest absolute Gasteiger partial charge is 0.270 e. The van der Waals surface area contributed by atoms with E-state index in [1.165, 1.54) is 39.5 Å². The van der Waals surface area contributed by atoms with Gasteiger partial charge in [-0.3, -0.25) is 19.7 Å². The predicted octanol–water partition coefficient (Wildman–Crippen LogP) is 2.02. The standard InChI is InChI=1S/C22H25FN4O6S/c1-15(2)20(24-21(28)16-6-8-17(23)9-7-16)22(29)25-10-12-26(13-11-25)34(32,33)19-5-3-4-18(14-19)27(30)31/h3-9,14-15,20H,10-13H2,1-2H3,(H,24,28)/t20-/m0/s1. The quantitative estimate of drug-likeness (QED) is 0.465. The zero-order valence-electron chi connectivity index (χ0n) is 18.7. The summed E-state index contributed by atoms with van der Waals surface area (Å²) in [6, 6.07) is 8.92. The van der Waals surface area contributed by atoms with Gasteiger partial charge in [-0.2, -0.15) is 4.31 Å². The Morgan fingerprint density at radius 1 is 1.06 bits per heavy atom. The van der Waals surface area contributed by atoms with Crippen LogP contribution < -0.4 is 5.32 Å². The number of hydrogen-bond donors (Lipinski definition) is 1. The van der Waals surface area contributed by atoms with Gasteiger partial charge in [0.05, 0.1) is 9.82 Å². The fourth-order valence-electron chi connectivity index (χ4n) is 3.59. The summed E-state index contributed by atoms with van der Waals surface area (Å²) < 4.78 is 40.1. The minimum atomic E-state index is -3.97. The van der Waals surface area contributed by atoms with Crippen LogP contribution in [0.25, 0.3) is 0 Å². The first-order valence-electron chi connectivity index (χ1n) is 10.6. The number of carbonyl (C=O) groups is 2. The number of piperazine rings is 1. The van der Waals surface area contributed by atoms with Crippen molar-refractivity contribution in [2.24, 2.45) is 5.92 Å². The molecular formula is C22H25FN4O6S. The van der Waals surface area contributed by atoms with E-state index < -0.39 is 32.7 Å². The molecule has 2 aromatic carbocycles. The maximum absolute atomic E-state index is 13.1. The number of nitro benzene ring substituents is 1. The number of carbonyl (C=O) groups excluding carboxylic acids is 2. The van der Waals surface area contributed by atoms with Gasteiger partial charge in [0.2, 0.25) is 15.9 Å². The van der Waals surface area contributed by atoms with Crippen LogP contribution in [0.4, 0.5) is 10.1 Å². The summed E-state index contributed by atoms with van der Waals surface area (Å²) in [6.45, 7) is 3.76. The Labute approximate surface area is 196 Å². The molecule has 2 amide bonds. The highest BCUT2D eigenvalue weighted by molar-refractivity contribution is 7.89. The highest BCUT2D eigenvalue weighted by atomic mass is 32.2. The molecule has 1 heterocycles. The Morgan fingerprint density at radius 2 is 1.68 bits per heavy atom. The number of amides is 2. The normalized spacial score (nSPS) is 15.7. The summed E-state index contributed by atoms with van der Waals surface area (Å²) in [6.07, 6.45) is 0. The molecule has 0 saturated carbocycles. The molecule has 12 heteroatoms. The molecule has 1 N–H and O–H groups in total. The number of nitro groups is 1. The Morgan fingerprint density at radius 3 is 2.24 bits per heavy atom. The van der Waals surface area contributed by atoms with Crippen molar-refractivity contribution in [2.75, 3.05) is 26.2 Å². The number of nitrogens with one attached hydrogen (secondary N) is 1. The number of hydrogen-bond acceptors (Lipinski definition) is 6. The number of sulfonamides is 1. The molecule has 0 aromatic heterocycles. The van der Waals surface area contributed by atoms with Crippen LogP contribution in [0.15, 0.2) is 53.4 Å². The summed E-state index contributed by atoms with van der Waals surface area (Å²) >= 11 is 0. The third kappa shape index (κ3) is 5.57. The van der Waals surface area contributed by atoms with E-state index in [1.807, 2.05) is 0 Å². The second-order valence-electron chi connectivity index (χ2n) is 8.19. The third-order valence-electron chi connectivity index (χ3n) is 5.54. The number of rotatable bonds is 7. The van der Waals surface area contributed by atoms with E-state index in [9.17, 15) is 32.5 Å². The molecule has 0 unspecified atom stereocenters.